The van der Waals surface area contributed by atoms with Gasteiger partial charge in [-0.2, -0.15) is 5.26 Å². The van der Waals surface area contributed by atoms with Crippen molar-refractivity contribution in [3.8, 4) is 6.07 Å². The summed E-state index contributed by atoms with van der Waals surface area (Å²) in [5.74, 6) is 1.81. The molecule has 0 saturated carbocycles. The Morgan fingerprint density at radius 3 is 2.84 bits per heavy atom. The minimum atomic E-state index is 0.0695. The Labute approximate surface area is 119 Å². The van der Waals surface area contributed by atoms with Crippen LogP contribution in [0.3, 0.4) is 0 Å². The van der Waals surface area contributed by atoms with E-state index in [0.29, 0.717) is 23.0 Å². The van der Waals surface area contributed by atoms with Gasteiger partial charge in [-0.25, -0.2) is 0 Å². The zero-order valence-corrected chi connectivity index (χ0v) is 12.3. The SMILES string of the molecule is CC(C)CCNC(=O)CSCc1ccccc1C#N. The van der Waals surface area contributed by atoms with Crippen LogP contribution in [0.1, 0.15) is 31.4 Å². The molecular formula is C15H20N2OS. The predicted octanol–water partition coefficient (Wildman–Crippen LogP) is 2.95. The van der Waals surface area contributed by atoms with Gasteiger partial charge in [-0.05, 0) is 24.0 Å². The molecule has 0 saturated heterocycles. The Hall–Kier alpha value is -1.47. The fourth-order valence-electron chi connectivity index (χ4n) is 1.56. The normalized spacial score (nSPS) is 10.2. The second kappa shape index (κ2) is 8.60. The molecule has 0 radical (unpaired) electrons. The lowest BCUT2D eigenvalue weighted by Crippen LogP contribution is -2.26. The number of nitrogens with zero attached hydrogens (tertiary/aromatic N) is 1. The number of nitriles is 1. The molecule has 1 rings (SSSR count). The van der Waals surface area contributed by atoms with Crippen molar-refractivity contribution in [2.75, 3.05) is 12.3 Å². The molecule has 0 aromatic heterocycles. The van der Waals surface area contributed by atoms with Crippen molar-refractivity contribution < 1.29 is 4.79 Å². The number of amides is 1. The van der Waals surface area contributed by atoms with E-state index < -0.39 is 0 Å². The highest BCUT2D eigenvalue weighted by Gasteiger charge is 2.04. The van der Waals surface area contributed by atoms with Crippen LogP contribution in [0.5, 0.6) is 0 Å². The van der Waals surface area contributed by atoms with E-state index in [1.54, 1.807) is 6.07 Å². The summed E-state index contributed by atoms with van der Waals surface area (Å²) in [4.78, 5) is 11.6. The fourth-order valence-corrected chi connectivity index (χ4v) is 2.42. The molecule has 0 fully saturated rings. The van der Waals surface area contributed by atoms with E-state index in [-0.39, 0.29) is 5.91 Å². The topological polar surface area (TPSA) is 52.9 Å². The highest BCUT2D eigenvalue weighted by molar-refractivity contribution is 7.99. The molecule has 102 valence electrons. The number of benzene rings is 1. The van der Waals surface area contributed by atoms with E-state index in [4.69, 9.17) is 5.26 Å². The highest BCUT2D eigenvalue weighted by atomic mass is 32.2. The van der Waals surface area contributed by atoms with Crippen molar-refractivity contribution in [3.63, 3.8) is 0 Å². The lowest BCUT2D eigenvalue weighted by molar-refractivity contribution is -0.118. The average Bonchev–Trinajstić information content (AvgIpc) is 2.39. The molecule has 0 atom stereocenters. The van der Waals surface area contributed by atoms with Crippen LogP contribution in [0.2, 0.25) is 0 Å². The summed E-state index contributed by atoms with van der Waals surface area (Å²) in [6.07, 6.45) is 1.01. The van der Waals surface area contributed by atoms with Gasteiger partial charge in [0.25, 0.3) is 0 Å². The molecule has 3 nitrogen and oxygen atoms in total. The van der Waals surface area contributed by atoms with Crippen LogP contribution in [-0.2, 0) is 10.5 Å². The van der Waals surface area contributed by atoms with Gasteiger partial charge in [0.2, 0.25) is 5.91 Å². The molecule has 1 N–H and O–H groups in total. The van der Waals surface area contributed by atoms with E-state index in [9.17, 15) is 4.79 Å². The summed E-state index contributed by atoms with van der Waals surface area (Å²) in [7, 11) is 0. The van der Waals surface area contributed by atoms with Crippen LogP contribution in [0, 0.1) is 17.2 Å². The van der Waals surface area contributed by atoms with Crippen LogP contribution in [0.4, 0.5) is 0 Å². The first-order chi connectivity index (χ1) is 9.13. The molecule has 4 heteroatoms. The Balaban J connectivity index is 2.27. The number of nitrogens with one attached hydrogen (secondary N) is 1. The Bertz CT molecular complexity index is 452. The Kier molecular flexibility index (Phi) is 7.06. The quantitative estimate of drug-likeness (QED) is 0.833. The number of thioether (sulfide) groups is 1. The van der Waals surface area contributed by atoms with E-state index in [1.807, 2.05) is 18.2 Å². The van der Waals surface area contributed by atoms with E-state index >= 15 is 0 Å². The van der Waals surface area contributed by atoms with Gasteiger partial charge in [-0.15, -0.1) is 11.8 Å². The Morgan fingerprint density at radius 1 is 1.42 bits per heavy atom. The first-order valence-electron chi connectivity index (χ1n) is 6.46. The number of hydrogen-bond acceptors (Lipinski definition) is 3. The molecule has 0 bridgehead atoms. The number of carbonyl (C=O) groups excluding carboxylic acids is 1. The van der Waals surface area contributed by atoms with Gasteiger partial charge in [0, 0.05) is 12.3 Å². The summed E-state index contributed by atoms with van der Waals surface area (Å²) >= 11 is 1.54. The van der Waals surface area contributed by atoms with Crippen LogP contribution >= 0.6 is 11.8 Å². The molecule has 0 aliphatic rings. The second-order valence-electron chi connectivity index (χ2n) is 4.79. The van der Waals surface area contributed by atoms with Crippen molar-refractivity contribution >= 4 is 17.7 Å². The minimum absolute atomic E-state index is 0.0695. The van der Waals surface area contributed by atoms with Gasteiger partial charge in [0.15, 0.2) is 0 Å². The van der Waals surface area contributed by atoms with Gasteiger partial charge >= 0.3 is 0 Å². The predicted molar refractivity (Wildman–Crippen MR) is 79.8 cm³/mol. The zero-order valence-electron chi connectivity index (χ0n) is 11.5. The maximum atomic E-state index is 11.6. The number of rotatable bonds is 7. The van der Waals surface area contributed by atoms with Crippen molar-refractivity contribution in [2.45, 2.75) is 26.0 Å². The molecule has 0 spiro atoms. The van der Waals surface area contributed by atoms with Gasteiger partial charge < -0.3 is 5.32 Å². The minimum Gasteiger partial charge on any atom is -0.355 e. The van der Waals surface area contributed by atoms with Gasteiger partial charge in [-0.3, -0.25) is 4.79 Å². The van der Waals surface area contributed by atoms with Crippen molar-refractivity contribution in [3.05, 3.63) is 35.4 Å². The van der Waals surface area contributed by atoms with E-state index in [0.717, 1.165) is 18.5 Å². The van der Waals surface area contributed by atoms with E-state index in [2.05, 4.69) is 25.2 Å². The third-order valence-corrected chi connectivity index (χ3v) is 3.65. The first kappa shape index (κ1) is 15.6. The van der Waals surface area contributed by atoms with E-state index in [1.165, 1.54) is 11.8 Å². The molecular weight excluding hydrogens is 256 g/mol. The first-order valence-corrected chi connectivity index (χ1v) is 7.61. The second-order valence-corrected chi connectivity index (χ2v) is 5.78. The lowest BCUT2D eigenvalue weighted by Gasteiger charge is -2.07. The maximum Gasteiger partial charge on any atom is 0.230 e. The van der Waals surface area contributed by atoms with Gasteiger partial charge in [0.1, 0.15) is 0 Å². The fraction of sp³-hybridized carbons (Fsp3) is 0.467. The summed E-state index contributed by atoms with van der Waals surface area (Å²) in [5, 5.41) is 11.9. The lowest BCUT2D eigenvalue weighted by atomic mass is 10.1. The molecule has 0 heterocycles. The number of carbonyl (C=O) groups is 1. The summed E-state index contributed by atoms with van der Waals surface area (Å²) in [6, 6.07) is 9.67. The maximum absolute atomic E-state index is 11.6. The van der Waals surface area contributed by atoms with Crippen LogP contribution in [-0.4, -0.2) is 18.2 Å². The van der Waals surface area contributed by atoms with Gasteiger partial charge in [0.05, 0.1) is 17.4 Å². The summed E-state index contributed by atoms with van der Waals surface area (Å²) in [5.41, 5.74) is 1.68. The molecule has 1 amide bonds. The molecule has 19 heavy (non-hydrogen) atoms. The molecule has 1 aromatic carbocycles. The molecule has 0 aliphatic heterocycles. The smallest absolute Gasteiger partial charge is 0.230 e. The molecule has 0 aliphatic carbocycles. The number of hydrogen-bond donors (Lipinski definition) is 1. The van der Waals surface area contributed by atoms with Crippen molar-refractivity contribution in [2.24, 2.45) is 5.92 Å². The van der Waals surface area contributed by atoms with Crippen LogP contribution in [0.25, 0.3) is 0 Å². The summed E-state index contributed by atoms with van der Waals surface area (Å²) < 4.78 is 0. The van der Waals surface area contributed by atoms with Crippen LogP contribution in [0.15, 0.2) is 24.3 Å². The molecule has 1 aromatic rings. The van der Waals surface area contributed by atoms with Crippen molar-refractivity contribution in [1.82, 2.24) is 5.32 Å². The largest absolute Gasteiger partial charge is 0.355 e. The van der Waals surface area contributed by atoms with Crippen LogP contribution < -0.4 is 5.32 Å². The third kappa shape index (κ3) is 6.30. The highest BCUT2D eigenvalue weighted by Crippen LogP contribution is 2.15. The molecule has 0 unspecified atom stereocenters. The monoisotopic (exact) mass is 276 g/mol. The Morgan fingerprint density at radius 2 is 2.16 bits per heavy atom. The van der Waals surface area contributed by atoms with Crippen molar-refractivity contribution in [1.29, 1.82) is 5.26 Å². The average molecular weight is 276 g/mol. The summed E-state index contributed by atoms with van der Waals surface area (Å²) in [6.45, 7) is 5.02. The van der Waals surface area contributed by atoms with Gasteiger partial charge in [-0.1, -0.05) is 32.0 Å². The zero-order chi connectivity index (χ0) is 14.1. The standard InChI is InChI=1S/C15H20N2OS/c1-12(2)7-8-17-15(18)11-19-10-14-6-4-3-5-13(14)9-16/h3-6,12H,7-8,10-11H2,1-2H3,(H,17,18). The third-order valence-electron chi connectivity index (χ3n) is 2.67.